The normalized spacial score (nSPS) is 21.5. The summed E-state index contributed by atoms with van der Waals surface area (Å²) in [5.74, 6) is 1.13. The Hall–Kier alpha value is -2.70. The fourth-order valence-corrected chi connectivity index (χ4v) is 3.13. The van der Waals surface area contributed by atoms with Crippen molar-refractivity contribution in [2.75, 3.05) is 19.5 Å². The molecule has 1 atom stereocenters. The van der Waals surface area contributed by atoms with Gasteiger partial charge in [-0.05, 0) is 24.3 Å². The number of anilines is 1. The summed E-state index contributed by atoms with van der Waals surface area (Å²) in [4.78, 5) is 12.3. The number of amides is 1. The van der Waals surface area contributed by atoms with Crippen molar-refractivity contribution >= 4 is 17.2 Å². The van der Waals surface area contributed by atoms with E-state index in [9.17, 15) is 18.0 Å². The zero-order valence-corrected chi connectivity index (χ0v) is 14.5. The molecular weight excluding hydrogens is 347 g/mol. The summed E-state index contributed by atoms with van der Waals surface area (Å²) < 4.78 is 49.4. The quantitative estimate of drug-likeness (QED) is 0.802. The Kier molecular flexibility index (Phi) is 4.56. The largest absolute Gasteiger partial charge is 0.501 e. The van der Waals surface area contributed by atoms with Crippen LogP contribution in [0.4, 0.5) is 18.9 Å². The highest BCUT2D eigenvalue weighted by molar-refractivity contribution is 6.32. The van der Waals surface area contributed by atoms with E-state index in [0.717, 1.165) is 17.9 Å². The van der Waals surface area contributed by atoms with E-state index in [1.807, 2.05) is 6.92 Å². The number of rotatable bonds is 3. The second-order valence-corrected chi connectivity index (χ2v) is 6.21. The molecule has 1 aromatic rings. The lowest BCUT2D eigenvalue weighted by Gasteiger charge is -2.22. The van der Waals surface area contributed by atoms with E-state index >= 15 is 0 Å². The van der Waals surface area contributed by atoms with Gasteiger partial charge in [0.25, 0.3) is 5.91 Å². The Bertz CT molecular complexity index is 850. The molecule has 7 heteroatoms. The summed E-state index contributed by atoms with van der Waals surface area (Å²) in [7, 11) is 3.12. The highest BCUT2D eigenvalue weighted by Gasteiger charge is 2.34. The minimum atomic E-state index is -4.46. The van der Waals surface area contributed by atoms with E-state index < -0.39 is 17.6 Å². The third-order valence-electron chi connectivity index (χ3n) is 4.51. The number of halogens is 3. The molecule has 0 saturated heterocycles. The molecule has 1 amide bonds. The predicted octanol–water partition coefficient (Wildman–Crippen LogP) is 4.51. The number of ether oxygens (including phenoxy) is 2. The molecule has 1 heterocycles. The first-order valence-electron chi connectivity index (χ1n) is 8.02. The molecule has 0 radical (unpaired) electrons. The van der Waals surface area contributed by atoms with E-state index in [0.29, 0.717) is 28.9 Å². The molecule has 0 aromatic heterocycles. The van der Waals surface area contributed by atoms with Gasteiger partial charge in [-0.15, -0.1) is 0 Å². The third-order valence-corrected chi connectivity index (χ3v) is 4.51. The maximum atomic E-state index is 12.9. The zero-order chi connectivity index (χ0) is 19.1. The molecule has 1 unspecified atom stereocenters. The number of nitrogens with one attached hydrogen (secondary N) is 1. The maximum absolute atomic E-state index is 12.9. The SMILES string of the molecule is COC1=CC(/C=C2/C(=O)Nc3cc(C(F)(F)F)ccc32)=C(OC)CC1C. The number of carbonyl (C=O) groups is 1. The minimum Gasteiger partial charge on any atom is -0.501 e. The van der Waals surface area contributed by atoms with Crippen molar-refractivity contribution < 1.29 is 27.4 Å². The van der Waals surface area contributed by atoms with E-state index in [1.165, 1.54) is 6.07 Å². The summed E-state index contributed by atoms with van der Waals surface area (Å²) in [5, 5.41) is 2.49. The van der Waals surface area contributed by atoms with Crippen LogP contribution < -0.4 is 5.32 Å². The lowest BCUT2D eigenvalue weighted by atomic mass is 9.92. The van der Waals surface area contributed by atoms with Gasteiger partial charge < -0.3 is 14.8 Å². The van der Waals surface area contributed by atoms with Crippen LogP contribution in [-0.4, -0.2) is 20.1 Å². The van der Waals surface area contributed by atoms with Crippen LogP contribution in [0.25, 0.3) is 5.57 Å². The van der Waals surface area contributed by atoms with E-state index in [1.54, 1.807) is 26.4 Å². The van der Waals surface area contributed by atoms with Gasteiger partial charge in [-0.25, -0.2) is 0 Å². The number of hydrogen-bond acceptors (Lipinski definition) is 3. The van der Waals surface area contributed by atoms with Gasteiger partial charge in [0, 0.05) is 34.7 Å². The fourth-order valence-electron chi connectivity index (χ4n) is 3.13. The number of benzene rings is 1. The second-order valence-electron chi connectivity index (χ2n) is 6.21. The van der Waals surface area contributed by atoms with Crippen LogP contribution in [0.1, 0.15) is 24.5 Å². The van der Waals surface area contributed by atoms with Gasteiger partial charge in [0.2, 0.25) is 0 Å². The molecule has 1 aromatic carbocycles. The highest BCUT2D eigenvalue weighted by atomic mass is 19.4. The van der Waals surface area contributed by atoms with Crippen molar-refractivity contribution in [3.8, 4) is 0 Å². The molecule has 138 valence electrons. The molecule has 1 N–H and O–H groups in total. The predicted molar refractivity (Wildman–Crippen MR) is 91.0 cm³/mol. The molecule has 2 aliphatic rings. The van der Waals surface area contributed by atoms with Crippen molar-refractivity contribution in [3.63, 3.8) is 0 Å². The van der Waals surface area contributed by atoms with Gasteiger partial charge in [-0.1, -0.05) is 13.0 Å². The molecule has 3 rings (SSSR count). The molecule has 1 aliphatic heterocycles. The Morgan fingerprint density at radius 3 is 2.58 bits per heavy atom. The number of hydrogen-bond donors (Lipinski definition) is 1. The van der Waals surface area contributed by atoms with Crippen molar-refractivity contribution in [2.24, 2.45) is 5.92 Å². The van der Waals surface area contributed by atoms with Crippen LogP contribution in [0.15, 0.2) is 47.4 Å². The van der Waals surface area contributed by atoms with Crippen LogP contribution in [0.2, 0.25) is 0 Å². The van der Waals surface area contributed by atoms with Gasteiger partial charge in [0.15, 0.2) is 0 Å². The van der Waals surface area contributed by atoms with Crippen LogP contribution >= 0.6 is 0 Å². The number of carbonyl (C=O) groups excluding carboxylic acids is 1. The lowest BCUT2D eigenvalue weighted by molar-refractivity contribution is -0.137. The average Bonchev–Trinajstić information content (AvgIpc) is 2.90. The smallest absolute Gasteiger partial charge is 0.416 e. The second kappa shape index (κ2) is 6.55. The van der Waals surface area contributed by atoms with Crippen LogP contribution in [0.5, 0.6) is 0 Å². The van der Waals surface area contributed by atoms with E-state index in [-0.39, 0.29) is 11.6 Å². The fraction of sp³-hybridized carbons (Fsp3) is 0.316. The lowest BCUT2D eigenvalue weighted by Crippen LogP contribution is -2.11. The molecule has 0 bridgehead atoms. The number of methoxy groups -OCH3 is 2. The third kappa shape index (κ3) is 3.21. The van der Waals surface area contributed by atoms with E-state index in [4.69, 9.17) is 9.47 Å². The summed E-state index contributed by atoms with van der Waals surface area (Å²) >= 11 is 0. The van der Waals surface area contributed by atoms with Gasteiger partial charge in [0.1, 0.15) is 5.76 Å². The Balaban J connectivity index is 2.06. The molecule has 26 heavy (non-hydrogen) atoms. The van der Waals surface area contributed by atoms with E-state index in [2.05, 4.69) is 5.32 Å². The molecule has 0 spiro atoms. The molecule has 0 saturated carbocycles. The maximum Gasteiger partial charge on any atom is 0.416 e. The first-order chi connectivity index (χ1) is 12.2. The topological polar surface area (TPSA) is 47.6 Å². The van der Waals surface area contributed by atoms with Crippen molar-refractivity contribution in [1.29, 1.82) is 0 Å². The Morgan fingerprint density at radius 2 is 1.96 bits per heavy atom. The van der Waals surface area contributed by atoms with Crippen LogP contribution in [0.3, 0.4) is 0 Å². The van der Waals surface area contributed by atoms with Gasteiger partial charge in [0.05, 0.1) is 25.5 Å². The van der Waals surface area contributed by atoms with Crippen molar-refractivity contribution in [3.05, 3.63) is 58.6 Å². The summed E-state index contributed by atoms with van der Waals surface area (Å²) in [6, 6.07) is 3.22. The summed E-state index contributed by atoms with van der Waals surface area (Å²) in [6.45, 7) is 1.99. The van der Waals surface area contributed by atoms with Crippen molar-refractivity contribution in [1.82, 2.24) is 0 Å². The number of alkyl halides is 3. The monoisotopic (exact) mass is 365 g/mol. The highest BCUT2D eigenvalue weighted by Crippen LogP contribution is 2.39. The first kappa shape index (κ1) is 18.1. The van der Waals surface area contributed by atoms with Crippen molar-refractivity contribution in [2.45, 2.75) is 19.5 Å². The number of allylic oxidation sites excluding steroid dienone is 5. The van der Waals surface area contributed by atoms with Gasteiger partial charge in [-0.2, -0.15) is 13.2 Å². The van der Waals surface area contributed by atoms with Crippen LogP contribution in [0, 0.1) is 5.92 Å². The number of fused-ring (bicyclic) bond motifs is 1. The Labute approximate surface area is 149 Å². The summed E-state index contributed by atoms with van der Waals surface area (Å²) in [5.41, 5.74) is 0.732. The zero-order valence-electron chi connectivity index (χ0n) is 14.5. The average molecular weight is 365 g/mol. The van der Waals surface area contributed by atoms with Gasteiger partial charge >= 0.3 is 6.18 Å². The van der Waals surface area contributed by atoms with Crippen LogP contribution in [-0.2, 0) is 20.4 Å². The molecule has 1 aliphatic carbocycles. The Morgan fingerprint density at radius 1 is 1.23 bits per heavy atom. The minimum absolute atomic E-state index is 0.135. The molecule has 0 fully saturated rings. The van der Waals surface area contributed by atoms with Gasteiger partial charge in [-0.3, -0.25) is 4.79 Å². The summed E-state index contributed by atoms with van der Waals surface area (Å²) in [6.07, 6.45) is -0.447. The molecular formula is C19H18F3NO3. The standard InChI is InChI=1S/C19H18F3NO3/c1-10-6-17(26-3)11(8-16(10)25-2)7-14-13-5-4-12(19(20,21)22)9-15(13)23-18(14)24/h4-5,7-10H,6H2,1-3H3,(H,23,24)/b14-7+. The molecule has 4 nitrogen and oxygen atoms in total. The first-order valence-corrected chi connectivity index (χ1v) is 8.02.